The van der Waals surface area contributed by atoms with Crippen molar-refractivity contribution in [1.29, 1.82) is 0 Å². The minimum Gasteiger partial charge on any atom is -0.383 e. The van der Waals surface area contributed by atoms with Crippen LogP contribution < -0.4 is 5.73 Å². The topological polar surface area (TPSA) is 68.9 Å². The minimum atomic E-state index is -0.184. The maximum atomic E-state index is 12.3. The molecule has 17 heavy (non-hydrogen) atoms. The fourth-order valence-corrected chi connectivity index (χ4v) is 1.67. The molecule has 0 saturated heterocycles. The molecule has 0 radical (unpaired) electrons. The second-order valence-electron chi connectivity index (χ2n) is 3.88. The van der Waals surface area contributed by atoms with E-state index in [9.17, 15) is 4.79 Å². The van der Waals surface area contributed by atoms with Gasteiger partial charge in [0.2, 0.25) is 5.78 Å². The average molecular weight is 227 g/mol. The fraction of sp³-hybridized carbons (Fsp3) is 0.154. The predicted molar refractivity (Wildman–Crippen MR) is 65.8 cm³/mol. The molecule has 0 saturated carbocycles. The van der Waals surface area contributed by atoms with Gasteiger partial charge < -0.3 is 5.73 Å². The summed E-state index contributed by atoms with van der Waals surface area (Å²) in [4.78, 5) is 20.4. The van der Waals surface area contributed by atoms with Crippen molar-refractivity contribution in [3.63, 3.8) is 0 Å². The number of hydrogen-bond donors (Lipinski definition) is 1. The van der Waals surface area contributed by atoms with Crippen LogP contribution in [0.15, 0.2) is 30.5 Å². The molecule has 0 fully saturated rings. The molecule has 0 aromatic carbocycles. The number of aromatic nitrogens is 2. The molecule has 4 nitrogen and oxygen atoms in total. The lowest BCUT2D eigenvalue weighted by Gasteiger charge is -2.07. The van der Waals surface area contributed by atoms with Crippen LogP contribution in [-0.4, -0.2) is 15.8 Å². The maximum Gasteiger partial charge on any atom is 0.215 e. The first-order valence-corrected chi connectivity index (χ1v) is 5.29. The SMILES string of the molecule is Cc1cccc(C(=O)c2c(C)ccnc2N)n1. The van der Waals surface area contributed by atoms with Crippen LogP contribution in [0, 0.1) is 13.8 Å². The Kier molecular flexibility index (Phi) is 2.87. The zero-order valence-corrected chi connectivity index (χ0v) is 9.77. The van der Waals surface area contributed by atoms with Crippen LogP contribution >= 0.6 is 0 Å². The molecule has 0 amide bonds. The minimum absolute atomic E-state index is 0.184. The van der Waals surface area contributed by atoms with Gasteiger partial charge in [0.25, 0.3) is 0 Å². The van der Waals surface area contributed by atoms with Crippen molar-refractivity contribution in [2.45, 2.75) is 13.8 Å². The summed E-state index contributed by atoms with van der Waals surface area (Å²) in [6.07, 6.45) is 1.59. The predicted octanol–water partition coefficient (Wildman–Crippen LogP) is 1.91. The first-order valence-electron chi connectivity index (χ1n) is 5.29. The maximum absolute atomic E-state index is 12.3. The molecule has 4 heteroatoms. The summed E-state index contributed by atoms with van der Waals surface area (Å²) in [5.74, 6) is 0.0649. The van der Waals surface area contributed by atoms with Gasteiger partial charge in [-0.15, -0.1) is 0 Å². The van der Waals surface area contributed by atoms with Crippen molar-refractivity contribution in [1.82, 2.24) is 9.97 Å². The molecule has 0 aliphatic carbocycles. The molecular formula is C13H13N3O. The van der Waals surface area contributed by atoms with E-state index in [0.29, 0.717) is 11.3 Å². The smallest absolute Gasteiger partial charge is 0.215 e. The molecule has 0 unspecified atom stereocenters. The van der Waals surface area contributed by atoms with Gasteiger partial charge in [-0.1, -0.05) is 6.07 Å². The van der Waals surface area contributed by atoms with Crippen LogP contribution in [-0.2, 0) is 0 Å². The quantitative estimate of drug-likeness (QED) is 0.795. The molecule has 2 rings (SSSR count). The van der Waals surface area contributed by atoms with E-state index >= 15 is 0 Å². The van der Waals surface area contributed by atoms with Crippen molar-refractivity contribution in [2.75, 3.05) is 5.73 Å². The molecule has 2 aromatic heterocycles. The van der Waals surface area contributed by atoms with Crippen molar-refractivity contribution in [3.8, 4) is 0 Å². The number of carbonyl (C=O) groups is 1. The van der Waals surface area contributed by atoms with Crippen LogP contribution in [0.1, 0.15) is 27.3 Å². The number of anilines is 1. The van der Waals surface area contributed by atoms with Gasteiger partial charge in [-0.3, -0.25) is 4.79 Å². The Balaban J connectivity index is 2.51. The summed E-state index contributed by atoms with van der Waals surface area (Å²) in [5.41, 5.74) is 8.18. The van der Waals surface area contributed by atoms with Crippen LogP contribution in [0.2, 0.25) is 0 Å². The molecule has 0 bridgehead atoms. The van der Waals surface area contributed by atoms with Crippen molar-refractivity contribution >= 4 is 11.6 Å². The van der Waals surface area contributed by atoms with Gasteiger partial charge in [0, 0.05) is 11.9 Å². The number of aryl methyl sites for hydroxylation is 2. The Bertz CT molecular complexity index is 558. The van der Waals surface area contributed by atoms with Crippen LogP contribution in [0.3, 0.4) is 0 Å². The van der Waals surface area contributed by atoms with Gasteiger partial charge in [0.1, 0.15) is 11.5 Å². The van der Waals surface area contributed by atoms with Crippen molar-refractivity contribution in [3.05, 3.63) is 53.0 Å². The van der Waals surface area contributed by atoms with Gasteiger partial charge >= 0.3 is 0 Å². The fourth-order valence-electron chi connectivity index (χ4n) is 1.67. The number of pyridine rings is 2. The van der Waals surface area contributed by atoms with E-state index in [2.05, 4.69) is 9.97 Å². The monoisotopic (exact) mass is 227 g/mol. The van der Waals surface area contributed by atoms with Crippen LogP contribution in [0.4, 0.5) is 5.82 Å². The van der Waals surface area contributed by atoms with E-state index in [1.807, 2.05) is 19.9 Å². The van der Waals surface area contributed by atoms with Gasteiger partial charge in [-0.25, -0.2) is 9.97 Å². The summed E-state index contributed by atoms with van der Waals surface area (Å²) >= 11 is 0. The highest BCUT2D eigenvalue weighted by molar-refractivity contribution is 6.11. The number of rotatable bonds is 2. The number of nitrogens with two attached hydrogens (primary N) is 1. The van der Waals surface area contributed by atoms with Crippen LogP contribution in [0.5, 0.6) is 0 Å². The number of nitrogens with zero attached hydrogens (tertiary/aromatic N) is 2. The second kappa shape index (κ2) is 4.33. The summed E-state index contributed by atoms with van der Waals surface area (Å²) in [5, 5.41) is 0. The average Bonchev–Trinajstić information content (AvgIpc) is 2.28. The lowest BCUT2D eigenvalue weighted by atomic mass is 10.0. The highest BCUT2D eigenvalue weighted by Gasteiger charge is 2.16. The third kappa shape index (κ3) is 2.15. The highest BCUT2D eigenvalue weighted by atomic mass is 16.1. The van der Waals surface area contributed by atoms with Gasteiger partial charge in [-0.2, -0.15) is 0 Å². The lowest BCUT2D eigenvalue weighted by molar-refractivity contribution is 0.103. The zero-order valence-electron chi connectivity index (χ0n) is 9.77. The zero-order chi connectivity index (χ0) is 12.4. The summed E-state index contributed by atoms with van der Waals surface area (Å²) in [7, 11) is 0. The number of ketones is 1. The Morgan fingerprint density at radius 2 is 2.00 bits per heavy atom. The Morgan fingerprint density at radius 1 is 1.24 bits per heavy atom. The molecule has 2 aromatic rings. The van der Waals surface area contributed by atoms with E-state index in [4.69, 9.17) is 5.73 Å². The Morgan fingerprint density at radius 3 is 2.65 bits per heavy atom. The Labute approximate surface area is 99.5 Å². The molecule has 0 aliphatic rings. The summed E-state index contributed by atoms with van der Waals surface area (Å²) in [6, 6.07) is 7.09. The molecule has 0 aliphatic heterocycles. The molecular weight excluding hydrogens is 214 g/mol. The van der Waals surface area contributed by atoms with E-state index in [0.717, 1.165) is 11.3 Å². The molecule has 0 atom stereocenters. The van der Waals surface area contributed by atoms with Gasteiger partial charge in [-0.05, 0) is 37.6 Å². The van der Waals surface area contributed by atoms with Crippen molar-refractivity contribution in [2.24, 2.45) is 0 Å². The number of hydrogen-bond acceptors (Lipinski definition) is 4. The molecule has 2 N–H and O–H groups in total. The molecule has 86 valence electrons. The van der Waals surface area contributed by atoms with Crippen molar-refractivity contribution < 1.29 is 4.79 Å². The third-order valence-electron chi connectivity index (χ3n) is 2.54. The largest absolute Gasteiger partial charge is 0.383 e. The Hall–Kier alpha value is -2.23. The van der Waals surface area contributed by atoms with Gasteiger partial charge in [0.15, 0.2) is 0 Å². The van der Waals surface area contributed by atoms with E-state index in [1.54, 1.807) is 24.4 Å². The molecule has 0 spiro atoms. The summed E-state index contributed by atoms with van der Waals surface area (Å²) < 4.78 is 0. The first-order chi connectivity index (χ1) is 8.09. The normalized spacial score (nSPS) is 10.2. The number of nitrogen functional groups attached to an aromatic ring is 1. The molecule has 2 heterocycles. The van der Waals surface area contributed by atoms with Crippen LogP contribution in [0.25, 0.3) is 0 Å². The first kappa shape index (κ1) is 11.3. The lowest BCUT2D eigenvalue weighted by Crippen LogP contribution is -2.11. The second-order valence-corrected chi connectivity index (χ2v) is 3.88. The number of carbonyl (C=O) groups excluding carboxylic acids is 1. The van der Waals surface area contributed by atoms with Gasteiger partial charge in [0.05, 0.1) is 5.56 Å². The van der Waals surface area contributed by atoms with E-state index in [-0.39, 0.29) is 11.6 Å². The summed E-state index contributed by atoms with van der Waals surface area (Å²) in [6.45, 7) is 3.68. The highest BCUT2D eigenvalue weighted by Crippen LogP contribution is 2.17. The third-order valence-corrected chi connectivity index (χ3v) is 2.54. The van der Waals surface area contributed by atoms with E-state index in [1.165, 1.54) is 0 Å². The standard InChI is InChI=1S/C13H13N3O/c1-8-6-7-15-13(14)11(8)12(17)10-5-3-4-9(2)16-10/h3-7H,1-2H3,(H2,14,15). The van der Waals surface area contributed by atoms with E-state index < -0.39 is 0 Å².